The third kappa shape index (κ3) is 5.67. The molecule has 1 saturated heterocycles. The van der Waals surface area contributed by atoms with Crippen LogP contribution in [0.15, 0.2) is 87.4 Å². The van der Waals surface area contributed by atoms with Crippen molar-refractivity contribution >= 4 is 56.1 Å². The molecule has 0 aliphatic carbocycles. The number of anilines is 1. The third-order valence-corrected chi connectivity index (χ3v) is 7.52. The first-order valence-electron chi connectivity index (χ1n) is 10.7. The molecule has 0 spiro atoms. The number of H-pyrrole nitrogens is 1. The average molecular weight is 556 g/mol. The van der Waals surface area contributed by atoms with E-state index in [0.29, 0.717) is 31.9 Å². The Kier molecular flexibility index (Phi) is 7.64. The summed E-state index contributed by atoms with van der Waals surface area (Å²) in [5.41, 5.74) is 1.45. The molecule has 0 radical (unpaired) electrons. The maximum atomic E-state index is 12.9. The van der Waals surface area contributed by atoms with E-state index < -0.39 is 15.7 Å². The molecule has 4 rings (SSSR count). The lowest BCUT2D eigenvalue weighted by atomic mass is 10.2. The molecule has 1 amide bonds. The number of carbonyl (C=O) groups excluding carboxylic acids is 1. The van der Waals surface area contributed by atoms with Crippen LogP contribution in [0.3, 0.4) is 0 Å². The Morgan fingerprint density at radius 2 is 1.78 bits per heavy atom. The Labute approximate surface area is 222 Å². The summed E-state index contributed by atoms with van der Waals surface area (Å²) in [7, 11) is -2.84. The summed E-state index contributed by atoms with van der Waals surface area (Å²) in [4.78, 5) is 27.3. The summed E-state index contributed by atoms with van der Waals surface area (Å²) >= 11 is 6.57. The maximum Gasteiger partial charge on any atom is 0.294 e. The predicted octanol–water partition coefficient (Wildman–Crippen LogP) is 4.25. The van der Waals surface area contributed by atoms with Crippen LogP contribution in [0.1, 0.15) is 11.3 Å². The first kappa shape index (κ1) is 26.4. The Morgan fingerprint density at radius 1 is 1.05 bits per heavy atom. The summed E-state index contributed by atoms with van der Waals surface area (Å²) in [6.45, 7) is 1.71. The topological polar surface area (TPSA) is 122 Å². The lowest BCUT2D eigenvalue weighted by Gasteiger charge is -2.14. The molecule has 2 aromatic carbocycles. The highest BCUT2D eigenvalue weighted by atomic mass is 32.2. The van der Waals surface area contributed by atoms with Gasteiger partial charge in [-0.05, 0) is 61.5 Å². The van der Waals surface area contributed by atoms with Gasteiger partial charge in [0.2, 0.25) is 0 Å². The first-order valence-corrected chi connectivity index (χ1v) is 13.4. The van der Waals surface area contributed by atoms with Gasteiger partial charge in [-0.1, -0.05) is 48.3 Å². The number of aromatic nitrogens is 2. The van der Waals surface area contributed by atoms with Crippen LogP contribution in [0.4, 0.5) is 5.69 Å². The first-order chi connectivity index (χ1) is 17.6. The smallest absolute Gasteiger partial charge is 0.294 e. The fourth-order valence-corrected chi connectivity index (χ4v) is 5.29. The third-order valence-electron chi connectivity index (χ3n) is 5.35. The molecule has 1 aliphatic rings. The lowest BCUT2D eigenvalue weighted by Crippen LogP contribution is -2.27. The van der Waals surface area contributed by atoms with E-state index in [0.717, 1.165) is 0 Å². The fourth-order valence-electron chi connectivity index (χ4n) is 3.52. The van der Waals surface area contributed by atoms with Crippen molar-refractivity contribution in [1.82, 2.24) is 9.78 Å². The van der Waals surface area contributed by atoms with Crippen LogP contribution >= 0.6 is 24.0 Å². The minimum Gasteiger partial charge on any atom is -0.497 e. The molecule has 0 atom stereocenters. The van der Waals surface area contributed by atoms with Gasteiger partial charge in [-0.3, -0.25) is 24.1 Å². The van der Waals surface area contributed by atoms with Crippen molar-refractivity contribution in [3.05, 3.63) is 99.4 Å². The molecule has 9 nitrogen and oxygen atoms in total. The second-order valence-corrected chi connectivity index (χ2v) is 10.8. The number of amides is 1. The average Bonchev–Trinajstić information content (AvgIpc) is 3.32. The zero-order valence-corrected chi connectivity index (χ0v) is 22.1. The van der Waals surface area contributed by atoms with E-state index in [1.54, 1.807) is 74.7 Å². The molecule has 1 aromatic heterocycles. The molecule has 190 valence electrons. The quantitative estimate of drug-likeness (QED) is 0.192. The largest absolute Gasteiger partial charge is 0.497 e. The van der Waals surface area contributed by atoms with Crippen LogP contribution in [-0.4, -0.2) is 40.1 Å². The molecule has 12 heteroatoms. The maximum absolute atomic E-state index is 12.9. The lowest BCUT2D eigenvalue weighted by molar-refractivity contribution is -0.113. The van der Waals surface area contributed by atoms with Gasteiger partial charge in [0.15, 0.2) is 4.32 Å². The number of aryl methyl sites for hydroxylation is 1. The van der Waals surface area contributed by atoms with Crippen LogP contribution in [0.5, 0.6) is 5.75 Å². The van der Waals surface area contributed by atoms with Crippen molar-refractivity contribution in [1.29, 1.82) is 0 Å². The monoisotopic (exact) mass is 555 g/mol. The van der Waals surface area contributed by atoms with Crippen LogP contribution in [0.25, 0.3) is 11.8 Å². The van der Waals surface area contributed by atoms with E-state index in [1.165, 1.54) is 39.5 Å². The highest BCUT2D eigenvalue weighted by molar-refractivity contribution is 8.27. The van der Waals surface area contributed by atoms with E-state index in [4.69, 9.17) is 17.0 Å². The number of hydrogen-bond donors (Lipinski definition) is 2. The highest BCUT2D eigenvalue weighted by Crippen LogP contribution is 2.35. The summed E-state index contributed by atoms with van der Waals surface area (Å²) in [6.07, 6.45) is 8.25. The van der Waals surface area contributed by atoms with Gasteiger partial charge in [0.1, 0.15) is 5.75 Å². The zero-order chi connectivity index (χ0) is 26.7. The van der Waals surface area contributed by atoms with Gasteiger partial charge in [-0.25, -0.2) is 4.68 Å². The number of nitrogens with one attached hydrogen (secondary N) is 1. The molecule has 0 bridgehead atoms. The number of rotatable bonds is 7. The SMILES string of the molecule is COc1ccc(N2C(=O)/C(=C/C=C/C=C/c3c(C)[nH]n(-c4cccc(S(=O)(=O)O)c4)c3=O)SC2=S)cc1. The Morgan fingerprint density at radius 3 is 2.46 bits per heavy atom. The van der Waals surface area contributed by atoms with E-state index in [-0.39, 0.29) is 16.5 Å². The highest BCUT2D eigenvalue weighted by Gasteiger charge is 2.32. The summed E-state index contributed by atoms with van der Waals surface area (Å²) < 4.78 is 38.9. The number of aromatic amines is 1. The number of thiocarbonyl (C=S) groups is 1. The molecule has 37 heavy (non-hydrogen) atoms. The number of hydrogen-bond acceptors (Lipinski definition) is 7. The van der Waals surface area contributed by atoms with Gasteiger partial charge in [0, 0.05) is 5.69 Å². The minimum atomic E-state index is -4.41. The van der Waals surface area contributed by atoms with Gasteiger partial charge in [-0.2, -0.15) is 8.42 Å². The molecule has 2 N–H and O–H groups in total. The number of ether oxygens (including phenoxy) is 1. The van der Waals surface area contributed by atoms with E-state index >= 15 is 0 Å². The Hall–Kier alpha value is -3.71. The molecule has 1 aliphatic heterocycles. The predicted molar refractivity (Wildman–Crippen MR) is 148 cm³/mol. The number of carbonyl (C=O) groups is 1. The van der Waals surface area contributed by atoms with Gasteiger partial charge in [0.25, 0.3) is 21.6 Å². The van der Waals surface area contributed by atoms with Gasteiger partial charge in [-0.15, -0.1) is 0 Å². The number of thioether (sulfide) groups is 1. The van der Waals surface area contributed by atoms with Crippen LogP contribution in [0.2, 0.25) is 0 Å². The molecule has 1 fully saturated rings. The van der Waals surface area contributed by atoms with Crippen molar-refractivity contribution in [3.63, 3.8) is 0 Å². The van der Waals surface area contributed by atoms with Crippen molar-refractivity contribution < 1.29 is 22.5 Å². The molecule has 0 saturated carbocycles. The Bertz CT molecular complexity index is 1630. The van der Waals surface area contributed by atoms with Crippen molar-refractivity contribution in [2.24, 2.45) is 0 Å². The number of nitrogens with zero attached hydrogens (tertiary/aromatic N) is 2. The van der Waals surface area contributed by atoms with Crippen LogP contribution < -0.4 is 15.2 Å². The van der Waals surface area contributed by atoms with Crippen LogP contribution in [-0.2, 0) is 14.9 Å². The van der Waals surface area contributed by atoms with E-state index in [2.05, 4.69) is 5.10 Å². The number of methoxy groups -OCH3 is 1. The van der Waals surface area contributed by atoms with Gasteiger partial charge >= 0.3 is 0 Å². The Balaban J connectivity index is 1.49. The number of allylic oxidation sites excluding steroid dienone is 4. The molecular formula is C25H21N3O6S3. The van der Waals surface area contributed by atoms with Gasteiger partial charge < -0.3 is 4.74 Å². The van der Waals surface area contributed by atoms with Crippen LogP contribution in [0, 0.1) is 6.92 Å². The van der Waals surface area contributed by atoms with Gasteiger partial charge in [0.05, 0.1) is 33.8 Å². The van der Waals surface area contributed by atoms with E-state index in [1.807, 2.05) is 0 Å². The molecule has 0 unspecified atom stereocenters. The van der Waals surface area contributed by atoms with Crippen molar-refractivity contribution in [2.75, 3.05) is 12.0 Å². The summed E-state index contributed by atoms with van der Waals surface area (Å²) in [5.74, 6) is 0.445. The molecule has 3 aromatic rings. The number of benzene rings is 2. The van der Waals surface area contributed by atoms with Crippen molar-refractivity contribution in [3.8, 4) is 11.4 Å². The summed E-state index contributed by atoms with van der Waals surface area (Å²) in [5, 5.41) is 2.90. The minimum absolute atomic E-state index is 0.231. The van der Waals surface area contributed by atoms with E-state index in [9.17, 15) is 22.6 Å². The second kappa shape index (κ2) is 10.7. The normalized spacial score (nSPS) is 15.5. The zero-order valence-electron chi connectivity index (χ0n) is 19.6. The van der Waals surface area contributed by atoms with Crippen molar-refractivity contribution in [2.45, 2.75) is 11.8 Å². The molecular weight excluding hydrogens is 534 g/mol. The summed E-state index contributed by atoms with van der Waals surface area (Å²) in [6, 6.07) is 12.4. The second-order valence-electron chi connectivity index (χ2n) is 7.74. The fraction of sp³-hybridized carbons (Fsp3) is 0.0800. The molecule has 2 heterocycles. The standard InChI is InChI=1S/C25H21N3O6S3/c1-16-21(23(29)28(26-16)18-7-6-8-20(15-18)37(31,32)33)9-4-3-5-10-22-24(30)27(25(35)36-22)17-11-13-19(34-2)14-12-17/h3-15,26H,1-2H3,(H,31,32,33)/b5-3+,9-4+,22-10-.